The number of imidazole rings is 1. The number of carbonyl (C=O) groups is 1. The van der Waals surface area contributed by atoms with Gasteiger partial charge in [-0.2, -0.15) is 0 Å². The predicted octanol–water partition coefficient (Wildman–Crippen LogP) is 5.34. The fourth-order valence-corrected chi connectivity index (χ4v) is 4.00. The summed E-state index contributed by atoms with van der Waals surface area (Å²) in [5.41, 5.74) is 3.04. The summed E-state index contributed by atoms with van der Waals surface area (Å²) >= 11 is 0. The number of hydrogen-bond acceptors (Lipinski definition) is 3. The van der Waals surface area contributed by atoms with Crippen molar-refractivity contribution >= 4 is 22.6 Å². The lowest BCUT2D eigenvalue weighted by Gasteiger charge is -2.20. The Labute approximate surface area is 169 Å². The molecule has 3 rings (SSSR count). The maximum absolute atomic E-state index is 12.1. The van der Waals surface area contributed by atoms with Gasteiger partial charge >= 0.3 is 0 Å². The monoisotopic (exact) mass is 384 g/mol. The van der Waals surface area contributed by atoms with Crippen LogP contribution >= 0.6 is 0 Å². The summed E-state index contributed by atoms with van der Waals surface area (Å²) in [5.74, 6) is 1.26. The van der Waals surface area contributed by atoms with Crippen LogP contribution in [-0.4, -0.2) is 33.4 Å². The maximum Gasteiger partial charge on any atom is 0.224 e. The molecular formula is C23H36N4O. The topological polar surface area (TPSA) is 50.2 Å². The van der Waals surface area contributed by atoms with Gasteiger partial charge in [0.05, 0.1) is 17.6 Å². The largest absolute Gasteiger partial charge is 0.327 e. The molecule has 2 aromatic rings. The van der Waals surface area contributed by atoms with Gasteiger partial charge in [0.1, 0.15) is 5.82 Å². The molecule has 154 valence electrons. The van der Waals surface area contributed by atoms with Gasteiger partial charge in [-0.15, -0.1) is 0 Å². The van der Waals surface area contributed by atoms with Crippen molar-refractivity contribution in [2.24, 2.45) is 0 Å². The summed E-state index contributed by atoms with van der Waals surface area (Å²) in [6, 6.07) is 6.18. The van der Waals surface area contributed by atoms with Crippen LogP contribution in [0, 0.1) is 0 Å². The van der Waals surface area contributed by atoms with Crippen molar-refractivity contribution in [3.05, 3.63) is 24.0 Å². The van der Waals surface area contributed by atoms with E-state index in [9.17, 15) is 4.79 Å². The number of fused-ring (bicyclic) bond motifs is 1. The average Bonchev–Trinajstić information content (AvgIpc) is 2.84. The lowest BCUT2D eigenvalue weighted by molar-refractivity contribution is -0.116. The zero-order chi connectivity index (χ0) is 19.8. The Balaban J connectivity index is 1.81. The molecule has 1 saturated heterocycles. The van der Waals surface area contributed by atoms with Crippen molar-refractivity contribution in [2.45, 2.75) is 84.7 Å². The van der Waals surface area contributed by atoms with E-state index in [0.717, 1.165) is 43.6 Å². The molecule has 2 heterocycles. The highest BCUT2D eigenvalue weighted by Gasteiger charge is 2.16. The minimum Gasteiger partial charge on any atom is -0.327 e. The summed E-state index contributed by atoms with van der Waals surface area (Å²) in [7, 11) is 0. The molecule has 1 aromatic carbocycles. The number of aryl methyl sites for hydroxylation is 1. The summed E-state index contributed by atoms with van der Waals surface area (Å²) < 4.78 is 2.40. The molecule has 1 aromatic heterocycles. The van der Waals surface area contributed by atoms with E-state index in [4.69, 9.17) is 4.98 Å². The third-order valence-electron chi connectivity index (χ3n) is 5.67. The first kappa shape index (κ1) is 20.8. The van der Waals surface area contributed by atoms with E-state index < -0.39 is 0 Å². The fourth-order valence-electron chi connectivity index (χ4n) is 4.00. The van der Waals surface area contributed by atoms with Crippen LogP contribution < -0.4 is 5.32 Å². The summed E-state index contributed by atoms with van der Waals surface area (Å²) in [5, 5.41) is 3.03. The first-order valence-corrected chi connectivity index (χ1v) is 11.2. The van der Waals surface area contributed by atoms with E-state index in [-0.39, 0.29) is 5.91 Å². The van der Waals surface area contributed by atoms with Gasteiger partial charge in [-0.3, -0.25) is 9.69 Å². The van der Waals surface area contributed by atoms with Gasteiger partial charge in [0.2, 0.25) is 5.91 Å². The number of anilines is 1. The maximum atomic E-state index is 12.1. The van der Waals surface area contributed by atoms with E-state index in [1.54, 1.807) is 0 Å². The zero-order valence-corrected chi connectivity index (χ0v) is 17.7. The van der Waals surface area contributed by atoms with Gasteiger partial charge in [-0.25, -0.2) is 4.98 Å². The van der Waals surface area contributed by atoms with E-state index in [0.29, 0.717) is 6.42 Å². The highest BCUT2D eigenvalue weighted by molar-refractivity contribution is 5.93. The van der Waals surface area contributed by atoms with Crippen LogP contribution in [0.1, 0.15) is 77.5 Å². The first-order chi connectivity index (χ1) is 13.7. The summed E-state index contributed by atoms with van der Waals surface area (Å²) in [6.07, 6.45) is 10.2. The van der Waals surface area contributed by atoms with Crippen molar-refractivity contribution in [2.75, 3.05) is 18.4 Å². The number of benzene rings is 1. The van der Waals surface area contributed by atoms with Crippen LogP contribution in [0.4, 0.5) is 5.69 Å². The molecule has 0 radical (unpaired) electrons. The van der Waals surface area contributed by atoms with Crippen molar-refractivity contribution < 1.29 is 4.79 Å². The number of carbonyl (C=O) groups excluding carboxylic acids is 1. The van der Waals surface area contributed by atoms with Gasteiger partial charge in [0.15, 0.2) is 0 Å². The number of likely N-dealkylation sites (tertiary alicyclic amines) is 1. The SMILES string of the molecule is CCCCC(=O)Nc1ccc2c(c1)nc(CN1CCCCCC1)n2CCCC. The van der Waals surface area contributed by atoms with E-state index >= 15 is 0 Å². The number of amides is 1. The van der Waals surface area contributed by atoms with Crippen LogP contribution in [0.3, 0.4) is 0 Å². The molecule has 0 saturated carbocycles. The Morgan fingerprint density at radius 1 is 1.07 bits per heavy atom. The Bertz CT molecular complexity index is 759. The molecule has 5 nitrogen and oxygen atoms in total. The second-order valence-corrected chi connectivity index (χ2v) is 8.08. The second kappa shape index (κ2) is 10.6. The van der Waals surface area contributed by atoms with Crippen LogP contribution in [0.15, 0.2) is 18.2 Å². The first-order valence-electron chi connectivity index (χ1n) is 11.2. The second-order valence-electron chi connectivity index (χ2n) is 8.08. The Kier molecular flexibility index (Phi) is 7.90. The minimum absolute atomic E-state index is 0.0939. The third kappa shape index (κ3) is 5.57. The van der Waals surface area contributed by atoms with Gasteiger partial charge in [-0.05, 0) is 57.0 Å². The van der Waals surface area contributed by atoms with E-state index in [2.05, 4.69) is 34.7 Å². The van der Waals surface area contributed by atoms with Gasteiger partial charge in [0, 0.05) is 18.7 Å². The molecular weight excluding hydrogens is 348 g/mol. The highest BCUT2D eigenvalue weighted by atomic mass is 16.1. The van der Waals surface area contributed by atoms with Crippen molar-refractivity contribution in [1.29, 1.82) is 0 Å². The van der Waals surface area contributed by atoms with Gasteiger partial charge < -0.3 is 9.88 Å². The molecule has 0 bridgehead atoms. The Morgan fingerprint density at radius 3 is 2.54 bits per heavy atom. The molecule has 1 amide bonds. The Morgan fingerprint density at radius 2 is 1.82 bits per heavy atom. The molecule has 1 N–H and O–H groups in total. The summed E-state index contributed by atoms with van der Waals surface area (Å²) in [4.78, 5) is 19.6. The van der Waals surface area contributed by atoms with Crippen molar-refractivity contribution in [3.8, 4) is 0 Å². The molecule has 0 spiro atoms. The predicted molar refractivity (Wildman–Crippen MR) is 117 cm³/mol. The van der Waals surface area contributed by atoms with E-state index in [1.165, 1.54) is 56.5 Å². The molecule has 5 heteroatoms. The zero-order valence-electron chi connectivity index (χ0n) is 17.7. The molecule has 0 unspecified atom stereocenters. The third-order valence-corrected chi connectivity index (χ3v) is 5.67. The highest BCUT2D eigenvalue weighted by Crippen LogP contribution is 2.23. The number of hydrogen-bond donors (Lipinski definition) is 1. The molecule has 0 aliphatic carbocycles. The quantitative estimate of drug-likeness (QED) is 0.635. The average molecular weight is 385 g/mol. The van der Waals surface area contributed by atoms with E-state index in [1.807, 2.05) is 12.1 Å². The molecule has 1 fully saturated rings. The lowest BCUT2D eigenvalue weighted by atomic mass is 10.2. The lowest BCUT2D eigenvalue weighted by Crippen LogP contribution is -2.26. The van der Waals surface area contributed by atoms with Gasteiger partial charge in [0.25, 0.3) is 0 Å². The normalized spacial score (nSPS) is 15.6. The minimum atomic E-state index is 0.0939. The van der Waals surface area contributed by atoms with Crippen LogP contribution in [0.5, 0.6) is 0 Å². The number of rotatable bonds is 9. The van der Waals surface area contributed by atoms with Crippen LogP contribution in [0.25, 0.3) is 11.0 Å². The fraction of sp³-hybridized carbons (Fsp3) is 0.652. The van der Waals surface area contributed by atoms with Crippen molar-refractivity contribution in [3.63, 3.8) is 0 Å². The number of aromatic nitrogens is 2. The number of nitrogens with one attached hydrogen (secondary N) is 1. The number of nitrogens with zero attached hydrogens (tertiary/aromatic N) is 3. The number of unbranched alkanes of at least 4 members (excludes halogenated alkanes) is 2. The molecule has 28 heavy (non-hydrogen) atoms. The van der Waals surface area contributed by atoms with Gasteiger partial charge in [-0.1, -0.05) is 39.5 Å². The van der Waals surface area contributed by atoms with Crippen LogP contribution in [0.2, 0.25) is 0 Å². The standard InChI is InChI=1S/C23H36N4O/c1-3-5-11-23(28)24-19-12-13-21-20(17-19)25-22(27(21)16-6-4-2)18-26-14-9-7-8-10-15-26/h12-13,17H,3-11,14-16,18H2,1-2H3,(H,24,28). The molecule has 0 atom stereocenters. The smallest absolute Gasteiger partial charge is 0.224 e. The molecule has 1 aliphatic rings. The molecule has 1 aliphatic heterocycles. The Hall–Kier alpha value is -1.88. The van der Waals surface area contributed by atoms with Crippen molar-refractivity contribution in [1.82, 2.24) is 14.5 Å². The summed E-state index contributed by atoms with van der Waals surface area (Å²) in [6.45, 7) is 8.63. The van der Waals surface area contributed by atoms with Crippen LogP contribution in [-0.2, 0) is 17.9 Å².